The van der Waals surface area contributed by atoms with Crippen LogP contribution in [0.1, 0.15) is 0 Å². The molecule has 0 atom stereocenters. The molecule has 0 fully saturated rings. The van der Waals surface area contributed by atoms with Crippen molar-refractivity contribution in [3.8, 4) is 11.4 Å². The molecule has 3 N–H and O–H groups in total. The van der Waals surface area contributed by atoms with Crippen LogP contribution in [0.15, 0.2) is 35.4 Å². The molecule has 0 saturated carbocycles. The molecular weight excluding hydrogens is 192 g/mol. The molecular formula is C10H8N4O. The molecule has 0 aliphatic rings. The van der Waals surface area contributed by atoms with Crippen molar-refractivity contribution in [3.63, 3.8) is 0 Å². The van der Waals surface area contributed by atoms with Gasteiger partial charge in [0.25, 0.3) is 0 Å². The Kier molecular flexibility index (Phi) is 1.53. The molecule has 5 nitrogen and oxygen atoms in total. The number of hydrogen-bond acceptors (Lipinski definition) is 4. The highest BCUT2D eigenvalue weighted by atomic mass is 16.3. The van der Waals surface area contributed by atoms with Crippen molar-refractivity contribution in [2.75, 3.05) is 5.73 Å². The number of aromatic nitrogens is 3. The van der Waals surface area contributed by atoms with E-state index >= 15 is 0 Å². The number of anilines is 1. The topological polar surface area (TPSA) is 80.7 Å². The maximum absolute atomic E-state index is 5.75. The fraction of sp³-hybridized carbons (Fsp3) is 0. The van der Waals surface area contributed by atoms with Crippen molar-refractivity contribution in [1.82, 2.24) is 15.0 Å². The lowest BCUT2D eigenvalue weighted by molar-refractivity contribution is 0.558. The minimum atomic E-state index is 0.512. The second-order valence-electron chi connectivity index (χ2n) is 3.21. The van der Waals surface area contributed by atoms with Crippen LogP contribution in [-0.4, -0.2) is 15.0 Å². The van der Waals surface area contributed by atoms with Gasteiger partial charge in [0, 0.05) is 11.6 Å². The first kappa shape index (κ1) is 8.05. The van der Waals surface area contributed by atoms with Gasteiger partial charge in [-0.25, -0.2) is 9.97 Å². The van der Waals surface area contributed by atoms with Crippen LogP contribution < -0.4 is 5.73 Å². The van der Waals surface area contributed by atoms with Gasteiger partial charge in [-0.05, 0) is 12.1 Å². The molecule has 0 saturated heterocycles. The zero-order valence-electron chi connectivity index (χ0n) is 7.77. The number of rotatable bonds is 1. The van der Waals surface area contributed by atoms with E-state index in [0.717, 1.165) is 22.3 Å². The van der Waals surface area contributed by atoms with Gasteiger partial charge in [0.2, 0.25) is 0 Å². The fourth-order valence-electron chi connectivity index (χ4n) is 1.56. The number of aromatic amines is 1. The molecule has 5 heteroatoms. The maximum Gasteiger partial charge on any atom is 0.181 e. The molecule has 3 aromatic heterocycles. The molecule has 15 heavy (non-hydrogen) atoms. The van der Waals surface area contributed by atoms with E-state index in [1.54, 1.807) is 12.5 Å². The van der Waals surface area contributed by atoms with Gasteiger partial charge >= 0.3 is 0 Å². The minimum Gasteiger partial charge on any atom is -0.451 e. The number of H-pyrrole nitrogens is 1. The Labute approximate surface area is 85.0 Å². The normalized spacial score (nSPS) is 10.9. The number of fused-ring (bicyclic) bond motifs is 1. The standard InChI is InChI=1S/C10H8N4O/c11-10-6-3-8(9-4-15-5-13-9)14-7(6)1-2-12-10/h1-5,14H,(H2,11,12). The van der Waals surface area contributed by atoms with E-state index in [1.165, 1.54) is 6.39 Å². The molecule has 3 heterocycles. The van der Waals surface area contributed by atoms with E-state index in [1.807, 2.05) is 12.1 Å². The van der Waals surface area contributed by atoms with Crippen molar-refractivity contribution >= 4 is 16.7 Å². The second kappa shape index (κ2) is 2.84. The number of nitrogens with one attached hydrogen (secondary N) is 1. The van der Waals surface area contributed by atoms with Gasteiger partial charge in [-0.15, -0.1) is 0 Å². The summed E-state index contributed by atoms with van der Waals surface area (Å²) >= 11 is 0. The molecule has 0 spiro atoms. The van der Waals surface area contributed by atoms with Gasteiger partial charge < -0.3 is 15.1 Å². The van der Waals surface area contributed by atoms with Crippen molar-refractivity contribution in [3.05, 3.63) is 31.0 Å². The average Bonchev–Trinajstić information content (AvgIpc) is 2.86. The lowest BCUT2D eigenvalue weighted by atomic mass is 10.3. The van der Waals surface area contributed by atoms with Gasteiger partial charge in [0.1, 0.15) is 17.8 Å². The molecule has 3 aromatic rings. The molecule has 74 valence electrons. The molecule has 0 unspecified atom stereocenters. The maximum atomic E-state index is 5.75. The van der Waals surface area contributed by atoms with Crippen molar-refractivity contribution < 1.29 is 4.42 Å². The van der Waals surface area contributed by atoms with Crippen LogP contribution in [0.5, 0.6) is 0 Å². The lowest BCUT2D eigenvalue weighted by Gasteiger charge is -1.91. The Morgan fingerprint density at radius 3 is 3.00 bits per heavy atom. The van der Waals surface area contributed by atoms with Gasteiger partial charge in [0.15, 0.2) is 6.39 Å². The van der Waals surface area contributed by atoms with Crippen LogP contribution in [0.4, 0.5) is 5.82 Å². The van der Waals surface area contributed by atoms with Crippen molar-refractivity contribution in [2.45, 2.75) is 0 Å². The number of pyridine rings is 1. The van der Waals surface area contributed by atoms with Crippen LogP contribution in [0.25, 0.3) is 22.3 Å². The van der Waals surface area contributed by atoms with Crippen LogP contribution >= 0.6 is 0 Å². The van der Waals surface area contributed by atoms with Crippen molar-refractivity contribution in [1.29, 1.82) is 0 Å². The van der Waals surface area contributed by atoms with E-state index in [4.69, 9.17) is 10.2 Å². The van der Waals surface area contributed by atoms with E-state index in [-0.39, 0.29) is 0 Å². The van der Waals surface area contributed by atoms with E-state index in [2.05, 4.69) is 15.0 Å². The summed E-state index contributed by atoms with van der Waals surface area (Å²) in [5, 5.41) is 0.899. The zero-order valence-corrected chi connectivity index (χ0v) is 7.77. The molecule has 3 rings (SSSR count). The number of nitrogens with zero attached hydrogens (tertiary/aromatic N) is 2. The Morgan fingerprint density at radius 2 is 2.27 bits per heavy atom. The summed E-state index contributed by atoms with van der Waals surface area (Å²) in [4.78, 5) is 11.3. The summed E-state index contributed by atoms with van der Waals surface area (Å²) in [5.74, 6) is 0.512. The number of oxazole rings is 1. The first-order valence-corrected chi connectivity index (χ1v) is 4.46. The Hall–Kier alpha value is -2.30. The summed E-state index contributed by atoms with van der Waals surface area (Å²) in [6.45, 7) is 0. The van der Waals surface area contributed by atoms with E-state index < -0.39 is 0 Å². The van der Waals surface area contributed by atoms with E-state index in [0.29, 0.717) is 5.82 Å². The number of nitrogens with two attached hydrogens (primary N) is 1. The fourth-order valence-corrected chi connectivity index (χ4v) is 1.56. The SMILES string of the molecule is Nc1nccc2[nH]c(-c3cocn3)cc12. The van der Waals surface area contributed by atoms with Gasteiger partial charge in [-0.1, -0.05) is 0 Å². The predicted octanol–water partition coefficient (Wildman–Crippen LogP) is 1.80. The number of nitrogen functional groups attached to an aromatic ring is 1. The van der Waals surface area contributed by atoms with Crippen LogP contribution in [0, 0.1) is 0 Å². The monoisotopic (exact) mass is 200 g/mol. The highest BCUT2D eigenvalue weighted by molar-refractivity contribution is 5.92. The Bertz CT molecular complexity index is 597. The molecule has 0 radical (unpaired) electrons. The van der Waals surface area contributed by atoms with Gasteiger partial charge in [-0.2, -0.15) is 0 Å². The van der Waals surface area contributed by atoms with Gasteiger partial charge in [0.05, 0.1) is 11.2 Å². The van der Waals surface area contributed by atoms with E-state index in [9.17, 15) is 0 Å². The minimum absolute atomic E-state index is 0.512. The third-order valence-corrected chi connectivity index (χ3v) is 2.29. The smallest absolute Gasteiger partial charge is 0.181 e. The summed E-state index contributed by atoms with van der Waals surface area (Å²) in [6, 6.07) is 3.78. The quantitative estimate of drug-likeness (QED) is 0.627. The van der Waals surface area contributed by atoms with Crippen LogP contribution in [-0.2, 0) is 0 Å². The molecule has 0 bridgehead atoms. The first-order valence-electron chi connectivity index (χ1n) is 4.46. The molecule has 0 amide bonds. The highest BCUT2D eigenvalue weighted by Gasteiger charge is 2.07. The average molecular weight is 200 g/mol. The summed E-state index contributed by atoms with van der Waals surface area (Å²) in [5.41, 5.74) is 8.32. The second-order valence-corrected chi connectivity index (χ2v) is 3.21. The highest BCUT2D eigenvalue weighted by Crippen LogP contribution is 2.25. The van der Waals surface area contributed by atoms with Crippen LogP contribution in [0.3, 0.4) is 0 Å². The largest absolute Gasteiger partial charge is 0.451 e. The summed E-state index contributed by atoms with van der Waals surface area (Å²) in [7, 11) is 0. The summed E-state index contributed by atoms with van der Waals surface area (Å²) in [6.07, 6.45) is 4.64. The number of hydrogen-bond donors (Lipinski definition) is 2. The third kappa shape index (κ3) is 1.17. The third-order valence-electron chi connectivity index (χ3n) is 2.29. The molecule has 0 aliphatic heterocycles. The van der Waals surface area contributed by atoms with Crippen LogP contribution in [0.2, 0.25) is 0 Å². The van der Waals surface area contributed by atoms with Crippen molar-refractivity contribution in [2.24, 2.45) is 0 Å². The lowest BCUT2D eigenvalue weighted by Crippen LogP contribution is -1.88. The zero-order chi connectivity index (χ0) is 10.3. The summed E-state index contributed by atoms with van der Waals surface area (Å²) < 4.78 is 4.92. The molecule has 0 aromatic carbocycles. The van der Waals surface area contributed by atoms with Gasteiger partial charge in [-0.3, -0.25) is 0 Å². The molecule has 0 aliphatic carbocycles. The first-order chi connectivity index (χ1) is 7.34. The Balaban J connectivity index is 2.27. The predicted molar refractivity (Wildman–Crippen MR) is 56.0 cm³/mol. The Morgan fingerprint density at radius 1 is 1.33 bits per heavy atom.